The summed E-state index contributed by atoms with van der Waals surface area (Å²) in [5.74, 6) is -0.242. The van der Waals surface area contributed by atoms with E-state index in [0.29, 0.717) is 17.8 Å². The number of benzene rings is 3. The molecule has 1 N–H and O–H groups in total. The van der Waals surface area contributed by atoms with Gasteiger partial charge in [0.25, 0.3) is 11.8 Å². The van der Waals surface area contributed by atoms with Crippen LogP contribution in [0.5, 0.6) is 0 Å². The maximum absolute atomic E-state index is 12.8. The van der Waals surface area contributed by atoms with E-state index in [9.17, 15) is 9.59 Å². The standard InChI is InChI=1S/C22H20N2O3/c1-27-14-21(25)24-12-11-16-9-10-17(13-20(16)24)23-22(26)19-8-4-6-15-5-2-3-7-18(15)19/h2-10,13H,11-12,14H2,1H3,(H,23,26). The van der Waals surface area contributed by atoms with Crippen LogP contribution >= 0.6 is 0 Å². The highest BCUT2D eigenvalue weighted by atomic mass is 16.5. The Balaban J connectivity index is 1.61. The number of hydrogen-bond acceptors (Lipinski definition) is 3. The second-order valence-corrected chi connectivity index (χ2v) is 6.55. The van der Waals surface area contributed by atoms with Crippen LogP contribution in [0, 0.1) is 0 Å². The monoisotopic (exact) mass is 360 g/mol. The van der Waals surface area contributed by atoms with Gasteiger partial charge in [0.15, 0.2) is 0 Å². The van der Waals surface area contributed by atoms with Crippen molar-refractivity contribution in [1.29, 1.82) is 0 Å². The summed E-state index contributed by atoms with van der Waals surface area (Å²) >= 11 is 0. The number of amides is 2. The number of nitrogens with zero attached hydrogens (tertiary/aromatic N) is 1. The highest BCUT2D eigenvalue weighted by Gasteiger charge is 2.25. The molecular weight excluding hydrogens is 340 g/mol. The first-order valence-corrected chi connectivity index (χ1v) is 8.89. The van der Waals surface area contributed by atoms with Crippen LogP contribution in [0.3, 0.4) is 0 Å². The molecule has 0 aromatic heterocycles. The van der Waals surface area contributed by atoms with Crippen LogP contribution in [-0.2, 0) is 16.0 Å². The molecule has 0 saturated carbocycles. The zero-order valence-corrected chi connectivity index (χ0v) is 15.1. The average Bonchev–Trinajstić information content (AvgIpc) is 3.11. The van der Waals surface area contributed by atoms with E-state index in [1.807, 2.05) is 60.7 Å². The van der Waals surface area contributed by atoms with Crippen LogP contribution < -0.4 is 10.2 Å². The number of nitrogens with one attached hydrogen (secondary N) is 1. The zero-order valence-electron chi connectivity index (χ0n) is 15.1. The summed E-state index contributed by atoms with van der Waals surface area (Å²) in [7, 11) is 1.51. The van der Waals surface area contributed by atoms with Crippen LogP contribution in [0.2, 0.25) is 0 Å². The van der Waals surface area contributed by atoms with Crippen molar-refractivity contribution < 1.29 is 14.3 Å². The van der Waals surface area contributed by atoms with Gasteiger partial charge in [-0.2, -0.15) is 0 Å². The van der Waals surface area contributed by atoms with Crippen molar-refractivity contribution in [3.8, 4) is 0 Å². The molecule has 0 unspecified atom stereocenters. The number of fused-ring (bicyclic) bond motifs is 2. The first kappa shape index (κ1) is 17.2. The molecule has 0 radical (unpaired) electrons. The molecule has 0 bridgehead atoms. The normalized spacial score (nSPS) is 12.9. The summed E-state index contributed by atoms with van der Waals surface area (Å²) in [5, 5.41) is 4.90. The lowest BCUT2D eigenvalue weighted by Gasteiger charge is -2.18. The van der Waals surface area contributed by atoms with E-state index in [1.165, 1.54) is 7.11 Å². The molecule has 136 valence electrons. The smallest absolute Gasteiger partial charge is 0.256 e. The Labute approximate surface area is 157 Å². The van der Waals surface area contributed by atoms with Gasteiger partial charge in [-0.15, -0.1) is 0 Å². The van der Waals surface area contributed by atoms with Crippen molar-refractivity contribution in [1.82, 2.24) is 0 Å². The molecule has 5 nitrogen and oxygen atoms in total. The Hall–Kier alpha value is -3.18. The first-order valence-electron chi connectivity index (χ1n) is 8.89. The molecule has 0 fully saturated rings. The van der Waals surface area contributed by atoms with Crippen molar-refractivity contribution in [3.05, 3.63) is 71.8 Å². The summed E-state index contributed by atoms with van der Waals surface area (Å²) in [6, 6.07) is 19.2. The minimum atomic E-state index is -0.167. The SMILES string of the molecule is COCC(=O)N1CCc2ccc(NC(=O)c3cccc4ccccc34)cc21. The highest BCUT2D eigenvalue weighted by Crippen LogP contribution is 2.31. The second-order valence-electron chi connectivity index (χ2n) is 6.55. The number of anilines is 2. The molecule has 3 aromatic carbocycles. The van der Waals surface area contributed by atoms with Crippen LogP contribution in [0.1, 0.15) is 15.9 Å². The lowest BCUT2D eigenvalue weighted by atomic mass is 10.0. The third-order valence-electron chi connectivity index (χ3n) is 4.84. The number of hydrogen-bond donors (Lipinski definition) is 1. The Morgan fingerprint density at radius 2 is 1.89 bits per heavy atom. The van der Waals surface area contributed by atoms with E-state index < -0.39 is 0 Å². The number of carbonyl (C=O) groups excluding carboxylic acids is 2. The maximum atomic E-state index is 12.8. The number of ether oxygens (including phenoxy) is 1. The lowest BCUT2D eigenvalue weighted by molar-refractivity contribution is -0.122. The van der Waals surface area contributed by atoms with Gasteiger partial charge in [-0.3, -0.25) is 9.59 Å². The molecule has 1 heterocycles. The van der Waals surface area contributed by atoms with E-state index in [-0.39, 0.29) is 18.4 Å². The second kappa shape index (κ2) is 7.21. The van der Waals surface area contributed by atoms with E-state index in [1.54, 1.807) is 4.90 Å². The zero-order chi connectivity index (χ0) is 18.8. The van der Waals surface area contributed by atoms with Gasteiger partial charge in [0, 0.05) is 30.6 Å². The molecule has 5 heteroatoms. The number of carbonyl (C=O) groups is 2. The van der Waals surface area contributed by atoms with E-state index in [2.05, 4.69) is 5.32 Å². The topological polar surface area (TPSA) is 58.6 Å². The molecule has 0 aliphatic carbocycles. The Bertz CT molecular complexity index is 1020. The van der Waals surface area contributed by atoms with Gasteiger partial charge in [-0.05, 0) is 41.0 Å². The summed E-state index contributed by atoms with van der Waals surface area (Å²) in [6.07, 6.45) is 0.808. The summed E-state index contributed by atoms with van der Waals surface area (Å²) in [6.45, 7) is 0.685. The van der Waals surface area contributed by atoms with Crippen molar-refractivity contribution in [3.63, 3.8) is 0 Å². The fourth-order valence-electron chi connectivity index (χ4n) is 3.54. The molecule has 3 aromatic rings. The van der Waals surface area contributed by atoms with Crippen molar-refractivity contribution in [2.75, 3.05) is 30.5 Å². The third kappa shape index (κ3) is 3.29. The average molecular weight is 360 g/mol. The van der Waals surface area contributed by atoms with Crippen molar-refractivity contribution >= 4 is 34.0 Å². The number of methoxy groups -OCH3 is 1. The van der Waals surface area contributed by atoms with Gasteiger partial charge in [-0.1, -0.05) is 42.5 Å². The summed E-state index contributed by atoms with van der Waals surface area (Å²) in [5.41, 5.74) is 3.24. The first-order chi connectivity index (χ1) is 13.2. The van der Waals surface area contributed by atoms with Crippen LogP contribution in [-0.4, -0.2) is 32.1 Å². The van der Waals surface area contributed by atoms with Gasteiger partial charge in [0.05, 0.1) is 0 Å². The Morgan fingerprint density at radius 3 is 2.74 bits per heavy atom. The molecule has 1 aliphatic rings. The highest BCUT2D eigenvalue weighted by molar-refractivity contribution is 6.13. The van der Waals surface area contributed by atoms with E-state index in [0.717, 1.165) is 28.4 Å². The molecule has 2 amide bonds. The van der Waals surface area contributed by atoms with Gasteiger partial charge in [0.2, 0.25) is 0 Å². The molecule has 0 saturated heterocycles. The quantitative estimate of drug-likeness (QED) is 0.773. The largest absolute Gasteiger partial charge is 0.375 e. The minimum absolute atomic E-state index is 0.0477. The Morgan fingerprint density at radius 1 is 1.07 bits per heavy atom. The third-order valence-corrected chi connectivity index (χ3v) is 4.84. The van der Waals surface area contributed by atoms with E-state index in [4.69, 9.17) is 4.74 Å². The van der Waals surface area contributed by atoms with Crippen LogP contribution in [0.25, 0.3) is 10.8 Å². The van der Waals surface area contributed by atoms with Crippen LogP contribution in [0.4, 0.5) is 11.4 Å². The minimum Gasteiger partial charge on any atom is -0.375 e. The van der Waals surface area contributed by atoms with Crippen molar-refractivity contribution in [2.45, 2.75) is 6.42 Å². The Kier molecular flexibility index (Phi) is 4.60. The molecule has 4 rings (SSSR count). The molecule has 0 spiro atoms. The van der Waals surface area contributed by atoms with Gasteiger partial charge < -0.3 is 15.0 Å². The molecule has 1 aliphatic heterocycles. The molecular formula is C22H20N2O3. The van der Waals surface area contributed by atoms with Gasteiger partial charge in [0.1, 0.15) is 6.61 Å². The number of rotatable bonds is 4. The van der Waals surface area contributed by atoms with Gasteiger partial charge in [-0.25, -0.2) is 0 Å². The predicted molar refractivity (Wildman–Crippen MR) is 106 cm³/mol. The fourth-order valence-corrected chi connectivity index (χ4v) is 3.54. The fraction of sp³-hybridized carbons (Fsp3) is 0.182. The van der Waals surface area contributed by atoms with E-state index >= 15 is 0 Å². The predicted octanol–water partition coefficient (Wildman–Crippen LogP) is 3.63. The van der Waals surface area contributed by atoms with Gasteiger partial charge >= 0.3 is 0 Å². The summed E-state index contributed by atoms with van der Waals surface area (Å²) in [4.78, 5) is 26.8. The lowest BCUT2D eigenvalue weighted by Crippen LogP contribution is -2.32. The van der Waals surface area contributed by atoms with Crippen LogP contribution in [0.15, 0.2) is 60.7 Å². The molecule has 27 heavy (non-hydrogen) atoms. The molecule has 0 atom stereocenters. The summed E-state index contributed by atoms with van der Waals surface area (Å²) < 4.78 is 4.96. The van der Waals surface area contributed by atoms with Crippen molar-refractivity contribution in [2.24, 2.45) is 0 Å². The maximum Gasteiger partial charge on any atom is 0.256 e.